The van der Waals surface area contributed by atoms with E-state index in [4.69, 9.17) is 4.74 Å². The van der Waals surface area contributed by atoms with Gasteiger partial charge in [-0.2, -0.15) is 0 Å². The van der Waals surface area contributed by atoms with Crippen molar-refractivity contribution in [3.05, 3.63) is 11.6 Å². The highest BCUT2D eigenvalue weighted by Crippen LogP contribution is 2.34. The molecule has 11 heavy (non-hydrogen) atoms. The van der Waals surface area contributed by atoms with Crippen molar-refractivity contribution in [2.24, 2.45) is 0 Å². The number of aldehydes is 1. The van der Waals surface area contributed by atoms with Crippen molar-refractivity contribution in [2.45, 2.75) is 4.21 Å². The van der Waals surface area contributed by atoms with E-state index in [1.54, 1.807) is 18.9 Å². The molecule has 0 unspecified atom stereocenters. The average molecular weight is 188 g/mol. The van der Waals surface area contributed by atoms with Crippen LogP contribution in [0.3, 0.4) is 0 Å². The Morgan fingerprint density at radius 3 is 2.82 bits per heavy atom. The minimum Gasteiger partial charge on any atom is -0.487 e. The second-order valence-electron chi connectivity index (χ2n) is 1.83. The van der Waals surface area contributed by atoms with Crippen LogP contribution < -0.4 is 4.74 Å². The summed E-state index contributed by atoms with van der Waals surface area (Å²) in [6.07, 6.45) is 2.79. The van der Waals surface area contributed by atoms with Gasteiger partial charge in [0.05, 0.1) is 16.9 Å². The van der Waals surface area contributed by atoms with Crippen molar-refractivity contribution in [1.29, 1.82) is 0 Å². The lowest BCUT2D eigenvalue weighted by Crippen LogP contribution is -1.82. The molecular formula is C7H8O2S2. The monoisotopic (exact) mass is 188 g/mol. The lowest BCUT2D eigenvalue weighted by Gasteiger charge is -1.91. The summed E-state index contributed by atoms with van der Waals surface area (Å²) >= 11 is 3.11. The van der Waals surface area contributed by atoms with E-state index in [1.807, 2.05) is 12.3 Å². The second-order valence-corrected chi connectivity index (χ2v) is 3.96. The van der Waals surface area contributed by atoms with E-state index >= 15 is 0 Å². The molecule has 0 saturated carbocycles. The molecule has 60 valence electrons. The van der Waals surface area contributed by atoms with Gasteiger partial charge in [-0.1, -0.05) is 11.3 Å². The molecule has 1 aromatic heterocycles. The third-order valence-electron chi connectivity index (χ3n) is 1.22. The predicted molar refractivity (Wildman–Crippen MR) is 48.0 cm³/mol. The van der Waals surface area contributed by atoms with Crippen LogP contribution in [-0.4, -0.2) is 19.7 Å². The van der Waals surface area contributed by atoms with Gasteiger partial charge in [0.15, 0.2) is 11.3 Å². The molecule has 0 aliphatic carbocycles. The van der Waals surface area contributed by atoms with E-state index in [-0.39, 0.29) is 0 Å². The first-order chi connectivity index (χ1) is 5.31. The zero-order valence-electron chi connectivity index (χ0n) is 6.29. The van der Waals surface area contributed by atoms with Gasteiger partial charge in [-0.05, 0) is 12.3 Å². The summed E-state index contributed by atoms with van der Waals surface area (Å²) in [5.41, 5.74) is 0.641. The molecular weight excluding hydrogens is 180 g/mol. The summed E-state index contributed by atoms with van der Waals surface area (Å²) in [4.78, 5) is 10.4. The first kappa shape index (κ1) is 8.62. The SMILES string of the molecule is COc1sc(SC)cc1C=O. The zero-order chi connectivity index (χ0) is 8.27. The smallest absolute Gasteiger partial charge is 0.185 e. The van der Waals surface area contributed by atoms with Crippen molar-refractivity contribution in [1.82, 2.24) is 0 Å². The second kappa shape index (κ2) is 3.78. The van der Waals surface area contributed by atoms with Crippen molar-refractivity contribution >= 4 is 29.4 Å². The summed E-state index contributed by atoms with van der Waals surface area (Å²) in [5, 5.41) is 0.698. The highest BCUT2D eigenvalue weighted by molar-refractivity contribution is 8.00. The Bertz CT molecular complexity index is 255. The summed E-state index contributed by atoms with van der Waals surface area (Å²) in [6, 6.07) is 1.83. The maximum absolute atomic E-state index is 10.4. The van der Waals surface area contributed by atoms with Crippen LogP contribution in [0.2, 0.25) is 0 Å². The summed E-state index contributed by atoms with van der Waals surface area (Å²) in [7, 11) is 1.57. The van der Waals surface area contributed by atoms with Crippen LogP contribution in [-0.2, 0) is 0 Å². The van der Waals surface area contributed by atoms with Gasteiger partial charge in [0.25, 0.3) is 0 Å². The fraction of sp³-hybridized carbons (Fsp3) is 0.286. The molecule has 0 saturated heterocycles. The maximum Gasteiger partial charge on any atom is 0.185 e. The molecule has 2 nitrogen and oxygen atoms in total. The Kier molecular flexibility index (Phi) is 2.96. The van der Waals surface area contributed by atoms with Crippen LogP contribution >= 0.6 is 23.1 Å². The molecule has 0 amide bonds. The van der Waals surface area contributed by atoms with Crippen LogP contribution in [0.5, 0.6) is 5.06 Å². The Hall–Kier alpha value is -0.480. The Morgan fingerprint density at radius 2 is 2.45 bits per heavy atom. The van der Waals surface area contributed by atoms with E-state index < -0.39 is 0 Å². The molecule has 0 bridgehead atoms. The molecule has 1 aromatic rings. The number of thiophene rings is 1. The van der Waals surface area contributed by atoms with Gasteiger partial charge in [-0.15, -0.1) is 11.8 Å². The zero-order valence-corrected chi connectivity index (χ0v) is 7.92. The Balaban J connectivity index is 3.01. The highest BCUT2D eigenvalue weighted by atomic mass is 32.2. The fourth-order valence-corrected chi connectivity index (χ4v) is 2.19. The largest absolute Gasteiger partial charge is 0.487 e. The molecule has 0 spiro atoms. The van der Waals surface area contributed by atoms with Crippen molar-refractivity contribution < 1.29 is 9.53 Å². The van der Waals surface area contributed by atoms with Gasteiger partial charge >= 0.3 is 0 Å². The molecule has 1 heterocycles. The van der Waals surface area contributed by atoms with Crippen LogP contribution in [0.1, 0.15) is 10.4 Å². The Morgan fingerprint density at radius 1 is 1.73 bits per heavy atom. The van der Waals surface area contributed by atoms with Gasteiger partial charge in [0, 0.05) is 0 Å². The Labute approximate surface area is 73.6 Å². The molecule has 1 rings (SSSR count). The number of methoxy groups -OCH3 is 1. The fourth-order valence-electron chi connectivity index (χ4n) is 0.708. The molecule has 4 heteroatoms. The standard InChI is InChI=1S/C7H8O2S2/c1-9-7-5(4-8)3-6(10-2)11-7/h3-4H,1-2H3. The third kappa shape index (κ3) is 1.75. The quantitative estimate of drug-likeness (QED) is 0.538. The van der Waals surface area contributed by atoms with E-state index in [1.165, 1.54) is 11.3 Å². The molecule has 0 N–H and O–H groups in total. The van der Waals surface area contributed by atoms with Crippen LogP contribution in [0.15, 0.2) is 10.3 Å². The first-order valence-corrected chi connectivity index (χ1v) is 5.03. The topological polar surface area (TPSA) is 26.3 Å². The number of thioether (sulfide) groups is 1. The van der Waals surface area contributed by atoms with Crippen molar-refractivity contribution in [3.63, 3.8) is 0 Å². The van der Waals surface area contributed by atoms with Gasteiger partial charge in [0.2, 0.25) is 0 Å². The number of hydrogen-bond donors (Lipinski definition) is 0. The van der Waals surface area contributed by atoms with Gasteiger partial charge < -0.3 is 4.74 Å². The van der Waals surface area contributed by atoms with Gasteiger partial charge in [-0.25, -0.2) is 0 Å². The highest BCUT2D eigenvalue weighted by Gasteiger charge is 2.06. The molecule has 0 aliphatic rings. The number of rotatable bonds is 3. The molecule has 0 aromatic carbocycles. The third-order valence-corrected chi connectivity index (χ3v) is 3.39. The molecule has 0 atom stereocenters. The van der Waals surface area contributed by atoms with Gasteiger partial charge in [0.1, 0.15) is 0 Å². The minimum absolute atomic E-state index is 0.641. The average Bonchev–Trinajstić information content (AvgIpc) is 2.46. The molecule has 0 fully saturated rings. The van der Waals surface area contributed by atoms with Crippen LogP contribution in [0.4, 0.5) is 0 Å². The number of carbonyl (C=O) groups excluding carboxylic acids is 1. The van der Waals surface area contributed by atoms with E-state index in [2.05, 4.69) is 0 Å². The molecule has 0 radical (unpaired) electrons. The number of carbonyl (C=O) groups is 1. The summed E-state index contributed by atoms with van der Waals surface area (Å²) < 4.78 is 6.09. The lowest BCUT2D eigenvalue weighted by atomic mass is 10.4. The minimum atomic E-state index is 0.641. The number of hydrogen-bond acceptors (Lipinski definition) is 4. The molecule has 0 aliphatic heterocycles. The normalized spacial score (nSPS) is 9.64. The lowest BCUT2D eigenvalue weighted by molar-refractivity contribution is 0.112. The van der Waals surface area contributed by atoms with E-state index in [9.17, 15) is 4.79 Å². The van der Waals surface area contributed by atoms with Crippen LogP contribution in [0, 0.1) is 0 Å². The van der Waals surface area contributed by atoms with E-state index in [0.29, 0.717) is 10.6 Å². The first-order valence-electron chi connectivity index (χ1n) is 2.98. The van der Waals surface area contributed by atoms with Crippen molar-refractivity contribution in [2.75, 3.05) is 13.4 Å². The predicted octanol–water partition coefficient (Wildman–Crippen LogP) is 2.29. The number of ether oxygens (including phenoxy) is 1. The maximum atomic E-state index is 10.4. The summed E-state index contributed by atoms with van der Waals surface area (Å²) in [6.45, 7) is 0. The van der Waals surface area contributed by atoms with Gasteiger partial charge in [-0.3, -0.25) is 4.79 Å². The van der Waals surface area contributed by atoms with Crippen molar-refractivity contribution in [3.8, 4) is 5.06 Å². The van der Waals surface area contributed by atoms with Crippen LogP contribution in [0.25, 0.3) is 0 Å². The summed E-state index contributed by atoms with van der Waals surface area (Å²) in [5.74, 6) is 0. The van der Waals surface area contributed by atoms with E-state index in [0.717, 1.165) is 10.5 Å².